The van der Waals surface area contributed by atoms with Gasteiger partial charge in [0.2, 0.25) is 5.91 Å². The number of rotatable bonds is 6. The van der Waals surface area contributed by atoms with Gasteiger partial charge in [0.15, 0.2) is 5.13 Å². The van der Waals surface area contributed by atoms with Gasteiger partial charge in [-0.1, -0.05) is 12.1 Å². The Labute approximate surface area is 167 Å². The molecule has 1 amide bonds. The lowest BCUT2D eigenvalue weighted by atomic mass is 9.98. The van der Waals surface area contributed by atoms with Gasteiger partial charge in [-0.3, -0.25) is 14.2 Å². The van der Waals surface area contributed by atoms with Crippen molar-refractivity contribution in [2.45, 2.75) is 25.8 Å². The number of piperidine rings is 1. The summed E-state index contributed by atoms with van der Waals surface area (Å²) >= 11 is 1.65. The molecule has 2 aromatic heterocycles. The first-order valence-corrected chi connectivity index (χ1v) is 10.4. The molecule has 1 atom stereocenters. The highest BCUT2D eigenvalue weighted by molar-refractivity contribution is 7.13. The van der Waals surface area contributed by atoms with E-state index in [0.29, 0.717) is 29.9 Å². The van der Waals surface area contributed by atoms with Gasteiger partial charge < -0.3 is 10.2 Å². The van der Waals surface area contributed by atoms with Crippen molar-refractivity contribution in [2.75, 3.05) is 24.5 Å². The number of fused-ring (bicyclic) bond motifs is 1. The van der Waals surface area contributed by atoms with E-state index in [1.165, 1.54) is 10.9 Å². The summed E-state index contributed by atoms with van der Waals surface area (Å²) in [5, 5.41) is 6.65. The first-order chi connectivity index (χ1) is 13.7. The van der Waals surface area contributed by atoms with Crippen LogP contribution >= 0.6 is 11.3 Å². The van der Waals surface area contributed by atoms with Crippen LogP contribution in [-0.2, 0) is 11.3 Å². The highest BCUT2D eigenvalue weighted by Gasteiger charge is 2.21. The highest BCUT2D eigenvalue weighted by atomic mass is 32.1. The third kappa shape index (κ3) is 4.22. The van der Waals surface area contributed by atoms with Crippen molar-refractivity contribution in [3.05, 3.63) is 52.5 Å². The first-order valence-electron chi connectivity index (χ1n) is 9.56. The molecule has 4 rings (SSSR count). The van der Waals surface area contributed by atoms with Gasteiger partial charge in [0.1, 0.15) is 0 Å². The zero-order valence-corrected chi connectivity index (χ0v) is 16.4. The van der Waals surface area contributed by atoms with Gasteiger partial charge in [-0.15, -0.1) is 11.3 Å². The summed E-state index contributed by atoms with van der Waals surface area (Å²) in [4.78, 5) is 35.7. The van der Waals surface area contributed by atoms with Gasteiger partial charge in [-0.2, -0.15) is 0 Å². The molecule has 1 fully saturated rings. The minimum atomic E-state index is -0.107. The van der Waals surface area contributed by atoms with Crippen LogP contribution in [0.4, 0.5) is 5.13 Å². The maximum atomic E-state index is 12.5. The number of carbonyl (C=O) groups excluding carboxylic acids is 1. The number of amides is 1. The van der Waals surface area contributed by atoms with Crippen LogP contribution in [0.25, 0.3) is 10.9 Å². The number of nitrogens with one attached hydrogen (secondary N) is 1. The molecule has 3 aromatic rings. The molecular weight excluding hydrogens is 374 g/mol. The number of carbonyl (C=O) groups is 1. The van der Waals surface area contributed by atoms with Crippen molar-refractivity contribution in [3.8, 4) is 0 Å². The van der Waals surface area contributed by atoms with Gasteiger partial charge in [-0.05, 0) is 30.9 Å². The zero-order valence-electron chi connectivity index (χ0n) is 15.6. The minimum absolute atomic E-state index is 0.0357. The summed E-state index contributed by atoms with van der Waals surface area (Å²) in [5.41, 5.74) is 0.569. The van der Waals surface area contributed by atoms with E-state index in [2.05, 4.69) is 20.2 Å². The van der Waals surface area contributed by atoms with Crippen LogP contribution in [0.1, 0.15) is 19.3 Å². The number of hydrogen-bond donors (Lipinski definition) is 1. The number of benzene rings is 1. The topological polar surface area (TPSA) is 80.1 Å². The molecule has 0 bridgehead atoms. The zero-order chi connectivity index (χ0) is 19.3. The van der Waals surface area contributed by atoms with Gasteiger partial charge in [0.25, 0.3) is 5.56 Å². The molecule has 0 aliphatic carbocycles. The van der Waals surface area contributed by atoms with Crippen LogP contribution < -0.4 is 15.8 Å². The SMILES string of the molecule is O=C(CCn1cnc2ccccc2c1=O)NCC1CCCN(c2nccs2)C1. The lowest BCUT2D eigenvalue weighted by Gasteiger charge is -2.32. The second-order valence-electron chi connectivity index (χ2n) is 7.08. The van der Waals surface area contributed by atoms with E-state index in [-0.39, 0.29) is 17.9 Å². The fourth-order valence-corrected chi connectivity index (χ4v) is 4.29. The third-order valence-corrected chi connectivity index (χ3v) is 5.94. The van der Waals surface area contributed by atoms with Crippen molar-refractivity contribution in [3.63, 3.8) is 0 Å². The van der Waals surface area contributed by atoms with E-state index >= 15 is 0 Å². The van der Waals surface area contributed by atoms with Crippen molar-refractivity contribution in [2.24, 2.45) is 5.92 Å². The monoisotopic (exact) mass is 397 g/mol. The normalized spacial score (nSPS) is 17.0. The maximum Gasteiger partial charge on any atom is 0.261 e. The van der Waals surface area contributed by atoms with Crippen molar-refractivity contribution < 1.29 is 4.79 Å². The Hall–Kier alpha value is -2.74. The average Bonchev–Trinajstić information content (AvgIpc) is 3.27. The van der Waals surface area contributed by atoms with Crippen molar-refractivity contribution in [1.29, 1.82) is 0 Å². The number of thiazole rings is 1. The van der Waals surface area contributed by atoms with E-state index in [1.54, 1.807) is 17.4 Å². The molecule has 1 N–H and O–H groups in total. The molecule has 1 saturated heterocycles. The molecule has 0 spiro atoms. The highest BCUT2D eigenvalue weighted by Crippen LogP contribution is 2.24. The van der Waals surface area contributed by atoms with Crippen LogP contribution in [-0.4, -0.2) is 40.1 Å². The standard InChI is InChI=1S/C20H23N5O2S/c26-18(7-10-25-14-23-17-6-2-1-5-16(17)19(25)27)22-12-15-4-3-9-24(13-15)20-21-8-11-28-20/h1-2,5-6,8,11,14-15H,3-4,7,9-10,12-13H2,(H,22,26). The van der Waals surface area contributed by atoms with Crippen LogP contribution in [0.2, 0.25) is 0 Å². The summed E-state index contributed by atoms with van der Waals surface area (Å²) in [6.45, 7) is 2.93. The Kier molecular flexibility index (Phi) is 5.66. The van der Waals surface area contributed by atoms with Crippen LogP contribution in [0.15, 0.2) is 47.0 Å². The van der Waals surface area contributed by atoms with Crippen LogP contribution in [0.5, 0.6) is 0 Å². The fraction of sp³-hybridized carbons (Fsp3) is 0.400. The van der Waals surface area contributed by atoms with E-state index < -0.39 is 0 Å². The first kappa shape index (κ1) is 18.6. The number of hydrogen-bond acceptors (Lipinski definition) is 6. The van der Waals surface area contributed by atoms with E-state index in [4.69, 9.17) is 0 Å². The molecule has 1 aliphatic rings. The van der Waals surface area contributed by atoms with Crippen molar-refractivity contribution >= 4 is 33.3 Å². The summed E-state index contributed by atoms with van der Waals surface area (Å²) in [5.74, 6) is 0.387. The number of para-hydroxylation sites is 1. The number of nitrogens with zero attached hydrogens (tertiary/aromatic N) is 4. The molecular formula is C20H23N5O2S. The van der Waals surface area contributed by atoms with E-state index in [0.717, 1.165) is 31.1 Å². The molecule has 1 unspecified atom stereocenters. The van der Waals surface area contributed by atoms with Crippen molar-refractivity contribution in [1.82, 2.24) is 19.9 Å². The summed E-state index contributed by atoms with van der Waals surface area (Å²) < 4.78 is 1.51. The molecule has 3 heterocycles. The van der Waals surface area contributed by atoms with Crippen LogP contribution in [0.3, 0.4) is 0 Å². The largest absolute Gasteiger partial charge is 0.356 e. The molecule has 0 radical (unpaired) electrons. The second kappa shape index (κ2) is 8.52. The number of aryl methyl sites for hydroxylation is 1. The van der Waals surface area contributed by atoms with Crippen LogP contribution in [0, 0.1) is 5.92 Å². The lowest BCUT2D eigenvalue weighted by Crippen LogP contribution is -2.41. The molecule has 0 saturated carbocycles. The maximum absolute atomic E-state index is 12.5. The average molecular weight is 398 g/mol. The van der Waals surface area contributed by atoms with Gasteiger partial charge in [0.05, 0.1) is 17.2 Å². The third-order valence-electron chi connectivity index (χ3n) is 5.11. The molecule has 1 aromatic carbocycles. The Morgan fingerprint density at radius 3 is 3.04 bits per heavy atom. The number of aromatic nitrogens is 3. The van der Waals surface area contributed by atoms with E-state index in [1.807, 2.05) is 29.8 Å². The van der Waals surface area contributed by atoms with Gasteiger partial charge in [-0.25, -0.2) is 9.97 Å². The van der Waals surface area contributed by atoms with E-state index in [9.17, 15) is 9.59 Å². The smallest absolute Gasteiger partial charge is 0.261 e. The second-order valence-corrected chi connectivity index (χ2v) is 7.96. The number of anilines is 1. The predicted octanol–water partition coefficient (Wildman–Crippen LogP) is 2.28. The molecule has 146 valence electrons. The van der Waals surface area contributed by atoms with Gasteiger partial charge in [0, 0.05) is 44.2 Å². The Balaban J connectivity index is 1.28. The summed E-state index contributed by atoms with van der Waals surface area (Å²) in [7, 11) is 0. The van der Waals surface area contributed by atoms with Gasteiger partial charge >= 0.3 is 0 Å². The molecule has 7 nitrogen and oxygen atoms in total. The Morgan fingerprint density at radius 2 is 2.18 bits per heavy atom. The Morgan fingerprint density at radius 1 is 1.29 bits per heavy atom. The summed E-state index contributed by atoms with van der Waals surface area (Å²) in [6, 6.07) is 7.25. The fourth-order valence-electron chi connectivity index (χ4n) is 3.61. The molecule has 28 heavy (non-hydrogen) atoms. The lowest BCUT2D eigenvalue weighted by molar-refractivity contribution is -0.121. The summed E-state index contributed by atoms with van der Waals surface area (Å²) in [6.07, 6.45) is 5.83. The predicted molar refractivity (Wildman–Crippen MR) is 111 cm³/mol. The minimum Gasteiger partial charge on any atom is -0.356 e. The molecule has 1 aliphatic heterocycles. The quantitative estimate of drug-likeness (QED) is 0.690. The Bertz CT molecular complexity index is 1000. The molecule has 8 heteroatoms.